The summed E-state index contributed by atoms with van der Waals surface area (Å²) >= 11 is 5.66. The summed E-state index contributed by atoms with van der Waals surface area (Å²) in [5, 5.41) is 0.214. The van der Waals surface area contributed by atoms with E-state index in [1.54, 1.807) is 6.07 Å². The molecule has 0 bridgehead atoms. The van der Waals surface area contributed by atoms with Crippen molar-refractivity contribution in [2.24, 2.45) is 0 Å². The number of aldehydes is 1. The highest BCUT2D eigenvalue weighted by molar-refractivity contribution is 6.32. The summed E-state index contributed by atoms with van der Waals surface area (Å²) in [4.78, 5) is 24.0. The Labute approximate surface area is 74.4 Å². The molecule has 1 aromatic heterocycles. The first-order valence-electron chi connectivity index (χ1n) is 3.56. The number of rotatable bonds is 2. The molecule has 0 saturated carbocycles. The minimum absolute atomic E-state index is 0.00568. The van der Waals surface area contributed by atoms with E-state index in [9.17, 15) is 9.59 Å². The molecule has 4 heteroatoms. The van der Waals surface area contributed by atoms with E-state index in [1.165, 1.54) is 0 Å². The second kappa shape index (κ2) is 3.54. The van der Waals surface area contributed by atoms with Crippen LogP contribution in [0.4, 0.5) is 0 Å². The number of pyridine rings is 1. The number of aromatic amines is 1. The van der Waals surface area contributed by atoms with Crippen molar-refractivity contribution in [1.82, 2.24) is 4.98 Å². The third kappa shape index (κ3) is 1.56. The molecular formula is C8H8ClNO2. The maximum atomic E-state index is 11.1. The lowest BCUT2D eigenvalue weighted by atomic mass is 10.2. The van der Waals surface area contributed by atoms with Gasteiger partial charge in [0.05, 0.1) is 10.6 Å². The van der Waals surface area contributed by atoms with Crippen molar-refractivity contribution in [2.75, 3.05) is 0 Å². The van der Waals surface area contributed by atoms with Crippen LogP contribution in [0, 0.1) is 0 Å². The lowest BCUT2D eigenvalue weighted by Gasteiger charge is -1.98. The first kappa shape index (κ1) is 9.00. The Kier molecular flexibility index (Phi) is 2.65. The lowest BCUT2D eigenvalue weighted by molar-refractivity contribution is 0.112. The Morgan fingerprint density at radius 1 is 1.67 bits per heavy atom. The van der Waals surface area contributed by atoms with Gasteiger partial charge < -0.3 is 4.98 Å². The Morgan fingerprint density at radius 2 is 2.33 bits per heavy atom. The predicted molar refractivity (Wildman–Crippen MR) is 46.8 cm³/mol. The summed E-state index contributed by atoms with van der Waals surface area (Å²) in [6.07, 6.45) is 1.15. The van der Waals surface area contributed by atoms with Crippen LogP contribution in [0.1, 0.15) is 23.0 Å². The molecule has 64 valence electrons. The molecule has 12 heavy (non-hydrogen) atoms. The van der Waals surface area contributed by atoms with Gasteiger partial charge in [0.2, 0.25) is 0 Å². The van der Waals surface area contributed by atoms with Gasteiger partial charge in [-0.15, -0.1) is 0 Å². The summed E-state index contributed by atoms with van der Waals surface area (Å²) in [6, 6.07) is 1.59. The van der Waals surface area contributed by atoms with Gasteiger partial charge in [-0.3, -0.25) is 9.59 Å². The number of carbonyl (C=O) groups excluding carboxylic acids is 1. The zero-order valence-electron chi connectivity index (χ0n) is 6.56. The predicted octanol–water partition coefficient (Wildman–Crippen LogP) is 1.40. The van der Waals surface area contributed by atoms with E-state index in [4.69, 9.17) is 11.6 Å². The molecule has 0 aliphatic carbocycles. The highest BCUT2D eigenvalue weighted by Gasteiger charge is 2.04. The third-order valence-electron chi connectivity index (χ3n) is 1.58. The number of H-pyrrole nitrogens is 1. The number of hydrogen-bond donors (Lipinski definition) is 1. The molecular weight excluding hydrogens is 178 g/mol. The van der Waals surface area contributed by atoms with Gasteiger partial charge in [0.15, 0.2) is 6.29 Å². The SMILES string of the molecule is CCc1cc(Cl)c(C=O)c(=O)[nH]1. The zero-order valence-corrected chi connectivity index (χ0v) is 7.31. The van der Waals surface area contributed by atoms with Crippen LogP contribution in [0.15, 0.2) is 10.9 Å². The lowest BCUT2D eigenvalue weighted by Crippen LogP contribution is -2.14. The third-order valence-corrected chi connectivity index (χ3v) is 1.89. The number of aromatic nitrogens is 1. The van der Waals surface area contributed by atoms with E-state index < -0.39 is 5.56 Å². The van der Waals surface area contributed by atoms with Gasteiger partial charge in [-0.25, -0.2) is 0 Å². The average Bonchev–Trinajstić information content (AvgIpc) is 2.03. The molecule has 0 aliphatic heterocycles. The van der Waals surface area contributed by atoms with Gasteiger partial charge in [-0.2, -0.15) is 0 Å². The van der Waals surface area contributed by atoms with E-state index in [1.807, 2.05) is 6.92 Å². The smallest absolute Gasteiger partial charge is 0.260 e. The second-order valence-corrected chi connectivity index (χ2v) is 2.76. The number of hydrogen-bond acceptors (Lipinski definition) is 2. The highest BCUT2D eigenvalue weighted by atomic mass is 35.5. The van der Waals surface area contributed by atoms with Crippen LogP contribution in [0.5, 0.6) is 0 Å². The molecule has 1 rings (SSSR count). The first-order valence-corrected chi connectivity index (χ1v) is 3.93. The van der Waals surface area contributed by atoms with Crippen molar-refractivity contribution in [3.63, 3.8) is 0 Å². The molecule has 0 aromatic carbocycles. The Morgan fingerprint density at radius 3 is 2.75 bits per heavy atom. The molecule has 0 fully saturated rings. The van der Waals surface area contributed by atoms with Gasteiger partial charge in [-0.1, -0.05) is 18.5 Å². The average molecular weight is 186 g/mol. The van der Waals surface area contributed by atoms with Crippen LogP contribution in [0.2, 0.25) is 5.02 Å². The maximum absolute atomic E-state index is 11.1. The highest BCUT2D eigenvalue weighted by Crippen LogP contribution is 2.10. The largest absolute Gasteiger partial charge is 0.326 e. The molecule has 0 saturated heterocycles. The standard InChI is InChI=1S/C8H8ClNO2/c1-2-5-3-7(9)6(4-11)8(12)10-5/h3-4H,2H2,1H3,(H,10,12). The van der Waals surface area contributed by atoms with Crippen LogP contribution in [0.3, 0.4) is 0 Å². The van der Waals surface area contributed by atoms with E-state index >= 15 is 0 Å². The summed E-state index contributed by atoms with van der Waals surface area (Å²) in [5.74, 6) is 0. The van der Waals surface area contributed by atoms with Gasteiger partial charge in [0.1, 0.15) is 0 Å². The minimum Gasteiger partial charge on any atom is -0.326 e. The number of carbonyl (C=O) groups is 1. The van der Waals surface area contributed by atoms with Crippen LogP contribution in [0.25, 0.3) is 0 Å². The summed E-state index contributed by atoms with van der Waals surface area (Å²) in [7, 11) is 0. The Bertz CT molecular complexity index is 357. The quantitative estimate of drug-likeness (QED) is 0.709. The van der Waals surface area contributed by atoms with Gasteiger partial charge in [0.25, 0.3) is 5.56 Å². The van der Waals surface area contributed by atoms with Crippen LogP contribution >= 0.6 is 11.6 Å². The van der Waals surface area contributed by atoms with Crippen molar-refractivity contribution in [3.05, 3.63) is 32.7 Å². The number of nitrogens with one attached hydrogen (secondary N) is 1. The maximum Gasteiger partial charge on any atom is 0.260 e. The fourth-order valence-electron chi connectivity index (χ4n) is 0.889. The molecule has 3 nitrogen and oxygen atoms in total. The first-order chi connectivity index (χ1) is 5.69. The number of aryl methyl sites for hydroxylation is 1. The fourth-order valence-corrected chi connectivity index (χ4v) is 1.15. The summed E-state index contributed by atoms with van der Waals surface area (Å²) < 4.78 is 0. The van der Waals surface area contributed by atoms with Crippen molar-refractivity contribution >= 4 is 17.9 Å². The summed E-state index contributed by atoms with van der Waals surface area (Å²) in [5.41, 5.74) is 0.304. The Balaban J connectivity index is 3.38. The normalized spacial score (nSPS) is 9.83. The molecule has 0 spiro atoms. The van der Waals surface area contributed by atoms with Crippen molar-refractivity contribution in [3.8, 4) is 0 Å². The van der Waals surface area contributed by atoms with E-state index in [2.05, 4.69) is 4.98 Å². The monoisotopic (exact) mass is 185 g/mol. The van der Waals surface area contributed by atoms with Crippen LogP contribution < -0.4 is 5.56 Å². The van der Waals surface area contributed by atoms with E-state index in [0.29, 0.717) is 12.7 Å². The topological polar surface area (TPSA) is 49.9 Å². The van der Waals surface area contributed by atoms with E-state index in [-0.39, 0.29) is 10.6 Å². The van der Waals surface area contributed by atoms with E-state index in [0.717, 1.165) is 5.69 Å². The van der Waals surface area contributed by atoms with Crippen molar-refractivity contribution in [1.29, 1.82) is 0 Å². The van der Waals surface area contributed by atoms with Crippen molar-refractivity contribution in [2.45, 2.75) is 13.3 Å². The van der Waals surface area contributed by atoms with Crippen LogP contribution in [-0.2, 0) is 6.42 Å². The molecule has 0 unspecified atom stereocenters. The molecule has 1 aromatic rings. The van der Waals surface area contributed by atoms with Gasteiger partial charge in [-0.05, 0) is 12.5 Å². The zero-order chi connectivity index (χ0) is 9.14. The van der Waals surface area contributed by atoms with Crippen molar-refractivity contribution < 1.29 is 4.79 Å². The molecule has 0 amide bonds. The Hall–Kier alpha value is -1.09. The second-order valence-electron chi connectivity index (χ2n) is 2.36. The fraction of sp³-hybridized carbons (Fsp3) is 0.250. The molecule has 0 aliphatic rings. The summed E-state index contributed by atoms with van der Waals surface area (Å²) in [6.45, 7) is 1.89. The molecule has 1 heterocycles. The molecule has 1 N–H and O–H groups in total. The minimum atomic E-state index is -0.422. The van der Waals surface area contributed by atoms with Crippen LogP contribution in [-0.4, -0.2) is 11.3 Å². The van der Waals surface area contributed by atoms with Gasteiger partial charge in [0, 0.05) is 5.69 Å². The molecule has 0 radical (unpaired) electrons. The molecule has 0 atom stereocenters. The van der Waals surface area contributed by atoms with Gasteiger partial charge >= 0.3 is 0 Å². The number of halogens is 1.